The lowest BCUT2D eigenvalue weighted by atomic mass is 9.94. The molecule has 2 heteroatoms. The van der Waals surface area contributed by atoms with Gasteiger partial charge < -0.3 is 0 Å². The molecule has 0 fully saturated rings. The second kappa shape index (κ2) is 2.51. The van der Waals surface area contributed by atoms with Crippen LogP contribution in [0.15, 0.2) is 36.7 Å². The molecule has 0 spiro atoms. The molecule has 1 heterocycles. The number of pyridine rings is 1. The number of allylic oxidation sites excluding steroid dienone is 1. The summed E-state index contributed by atoms with van der Waals surface area (Å²) in [6.45, 7) is 0. The van der Waals surface area contributed by atoms with Gasteiger partial charge in [-0.25, -0.2) is 0 Å². The highest BCUT2D eigenvalue weighted by atomic mass is 16.1. The lowest BCUT2D eigenvalue weighted by molar-refractivity contribution is 0.104. The van der Waals surface area contributed by atoms with Gasteiger partial charge in [0.25, 0.3) is 0 Å². The van der Waals surface area contributed by atoms with Gasteiger partial charge in [0.05, 0.1) is 0 Å². The highest BCUT2D eigenvalue weighted by Crippen LogP contribution is 2.26. The number of hydrogen-bond donors (Lipinski definition) is 0. The third-order valence-corrected chi connectivity index (χ3v) is 2.49. The Hall–Kier alpha value is -1.96. The Morgan fingerprint density at radius 2 is 2.00 bits per heavy atom. The third-order valence-electron chi connectivity index (χ3n) is 2.49. The number of carbonyl (C=O) groups is 1. The summed E-state index contributed by atoms with van der Waals surface area (Å²) < 4.78 is 0. The molecule has 0 radical (unpaired) electrons. The van der Waals surface area contributed by atoms with Crippen molar-refractivity contribution >= 4 is 22.6 Å². The van der Waals surface area contributed by atoms with E-state index in [1.165, 1.54) is 0 Å². The Morgan fingerprint density at radius 1 is 1.07 bits per heavy atom. The predicted octanol–water partition coefficient (Wildman–Crippen LogP) is 2.44. The van der Waals surface area contributed by atoms with Gasteiger partial charge in [-0.1, -0.05) is 18.2 Å². The Labute approximate surface area is 80.9 Å². The van der Waals surface area contributed by atoms with Crippen molar-refractivity contribution in [1.82, 2.24) is 4.98 Å². The molecule has 0 aliphatic heterocycles. The van der Waals surface area contributed by atoms with E-state index in [0.29, 0.717) is 0 Å². The van der Waals surface area contributed by atoms with E-state index in [9.17, 15) is 4.79 Å². The molecule has 0 saturated heterocycles. The summed E-state index contributed by atoms with van der Waals surface area (Å²) in [5, 5.41) is 2.05. The van der Waals surface area contributed by atoms with Crippen molar-refractivity contribution in [1.29, 1.82) is 0 Å². The van der Waals surface area contributed by atoms with Crippen molar-refractivity contribution in [3.8, 4) is 0 Å². The largest absolute Gasteiger partial charge is 0.289 e. The van der Waals surface area contributed by atoms with Crippen LogP contribution in [0.25, 0.3) is 16.8 Å². The first-order valence-electron chi connectivity index (χ1n) is 4.45. The molecule has 2 aromatic rings. The van der Waals surface area contributed by atoms with Crippen molar-refractivity contribution in [3.63, 3.8) is 0 Å². The van der Waals surface area contributed by atoms with Gasteiger partial charge in [-0.05, 0) is 12.2 Å². The quantitative estimate of drug-likeness (QED) is 0.624. The Morgan fingerprint density at radius 3 is 2.93 bits per heavy atom. The maximum absolute atomic E-state index is 11.6. The van der Waals surface area contributed by atoms with Crippen LogP contribution in [-0.2, 0) is 0 Å². The molecule has 0 N–H and O–H groups in total. The number of hydrogen-bond acceptors (Lipinski definition) is 2. The molecular weight excluding hydrogens is 174 g/mol. The second-order valence-corrected chi connectivity index (χ2v) is 3.33. The van der Waals surface area contributed by atoms with Crippen molar-refractivity contribution in [2.75, 3.05) is 0 Å². The maximum atomic E-state index is 11.6. The van der Waals surface area contributed by atoms with Crippen molar-refractivity contribution in [2.24, 2.45) is 0 Å². The van der Waals surface area contributed by atoms with Crippen LogP contribution in [0.4, 0.5) is 0 Å². The summed E-state index contributed by atoms with van der Waals surface area (Å²) in [4.78, 5) is 15.7. The Kier molecular flexibility index (Phi) is 1.34. The number of carbonyl (C=O) groups excluding carboxylic acids is 1. The van der Waals surface area contributed by atoms with Gasteiger partial charge >= 0.3 is 0 Å². The van der Waals surface area contributed by atoms with Crippen LogP contribution < -0.4 is 0 Å². The van der Waals surface area contributed by atoms with E-state index in [1.807, 2.05) is 24.3 Å². The zero-order chi connectivity index (χ0) is 9.54. The van der Waals surface area contributed by atoms with Crippen LogP contribution in [0.1, 0.15) is 15.9 Å². The highest BCUT2D eigenvalue weighted by molar-refractivity contribution is 6.19. The minimum Gasteiger partial charge on any atom is -0.289 e. The number of ketones is 1. The van der Waals surface area contributed by atoms with E-state index in [-0.39, 0.29) is 5.78 Å². The lowest BCUT2D eigenvalue weighted by Gasteiger charge is -2.10. The molecule has 3 rings (SSSR count). The molecule has 1 aromatic carbocycles. The number of rotatable bonds is 0. The van der Waals surface area contributed by atoms with Gasteiger partial charge in [0.15, 0.2) is 5.78 Å². The number of nitrogens with zero attached hydrogens (tertiary/aromatic N) is 1. The van der Waals surface area contributed by atoms with Gasteiger partial charge in [0, 0.05) is 34.3 Å². The molecular formula is C12H7NO. The predicted molar refractivity (Wildman–Crippen MR) is 55.1 cm³/mol. The molecule has 66 valence electrons. The maximum Gasteiger partial charge on any atom is 0.186 e. The van der Waals surface area contributed by atoms with Crippen LogP contribution >= 0.6 is 0 Å². The van der Waals surface area contributed by atoms with Gasteiger partial charge in [-0.2, -0.15) is 0 Å². The Balaban J connectivity index is 2.58. The van der Waals surface area contributed by atoms with E-state index in [2.05, 4.69) is 4.98 Å². The molecule has 1 aromatic heterocycles. The lowest BCUT2D eigenvalue weighted by Crippen LogP contribution is -2.01. The minimum absolute atomic E-state index is 0.0781. The first-order valence-corrected chi connectivity index (χ1v) is 4.45. The van der Waals surface area contributed by atoms with E-state index in [1.54, 1.807) is 18.5 Å². The standard InChI is InChI=1S/C12H7NO/c14-11-5-4-9-7-13-6-8-2-1-3-10(11)12(8)9/h1-7H. The van der Waals surface area contributed by atoms with Gasteiger partial charge in [-0.15, -0.1) is 0 Å². The van der Waals surface area contributed by atoms with Crippen LogP contribution in [0.2, 0.25) is 0 Å². The van der Waals surface area contributed by atoms with Crippen molar-refractivity contribution < 1.29 is 4.79 Å². The SMILES string of the molecule is O=C1C=Cc2cncc3cccc1c23. The second-order valence-electron chi connectivity index (χ2n) is 3.33. The molecule has 0 atom stereocenters. The molecule has 1 aliphatic rings. The van der Waals surface area contributed by atoms with Crippen LogP contribution in [0.3, 0.4) is 0 Å². The van der Waals surface area contributed by atoms with Gasteiger partial charge in [0.1, 0.15) is 0 Å². The molecule has 2 nitrogen and oxygen atoms in total. The topological polar surface area (TPSA) is 30.0 Å². The zero-order valence-corrected chi connectivity index (χ0v) is 7.40. The normalized spacial score (nSPS) is 13.6. The first-order chi connectivity index (χ1) is 6.86. The molecule has 0 unspecified atom stereocenters. The minimum atomic E-state index is 0.0781. The zero-order valence-electron chi connectivity index (χ0n) is 7.40. The number of aromatic nitrogens is 1. The van der Waals surface area contributed by atoms with E-state index < -0.39 is 0 Å². The van der Waals surface area contributed by atoms with Crippen LogP contribution in [-0.4, -0.2) is 10.8 Å². The van der Waals surface area contributed by atoms with Crippen LogP contribution in [0.5, 0.6) is 0 Å². The molecule has 14 heavy (non-hydrogen) atoms. The van der Waals surface area contributed by atoms with E-state index in [0.717, 1.165) is 21.9 Å². The first kappa shape index (κ1) is 7.44. The summed E-state index contributed by atoms with van der Waals surface area (Å²) in [6.07, 6.45) is 6.99. The van der Waals surface area contributed by atoms with Gasteiger partial charge in [0.2, 0.25) is 0 Å². The van der Waals surface area contributed by atoms with E-state index >= 15 is 0 Å². The van der Waals surface area contributed by atoms with Crippen molar-refractivity contribution in [2.45, 2.75) is 0 Å². The fourth-order valence-electron chi connectivity index (χ4n) is 1.85. The third kappa shape index (κ3) is 0.852. The highest BCUT2D eigenvalue weighted by Gasteiger charge is 2.13. The fourth-order valence-corrected chi connectivity index (χ4v) is 1.85. The summed E-state index contributed by atoms with van der Waals surface area (Å²) >= 11 is 0. The summed E-state index contributed by atoms with van der Waals surface area (Å²) in [5.74, 6) is 0.0781. The summed E-state index contributed by atoms with van der Waals surface area (Å²) in [5.41, 5.74) is 1.81. The molecule has 1 aliphatic carbocycles. The van der Waals surface area contributed by atoms with E-state index in [4.69, 9.17) is 0 Å². The Bertz CT molecular complexity index is 564. The van der Waals surface area contributed by atoms with Crippen LogP contribution in [0, 0.1) is 0 Å². The average molecular weight is 181 g/mol. The fraction of sp³-hybridized carbons (Fsp3) is 0. The molecule has 0 saturated carbocycles. The average Bonchev–Trinajstić information content (AvgIpc) is 2.24. The smallest absolute Gasteiger partial charge is 0.186 e. The number of benzene rings is 1. The molecule has 0 bridgehead atoms. The van der Waals surface area contributed by atoms with Gasteiger partial charge in [-0.3, -0.25) is 9.78 Å². The summed E-state index contributed by atoms with van der Waals surface area (Å²) in [7, 11) is 0. The van der Waals surface area contributed by atoms with Crippen molar-refractivity contribution in [3.05, 3.63) is 47.8 Å². The monoisotopic (exact) mass is 181 g/mol. The molecule has 0 amide bonds. The summed E-state index contributed by atoms with van der Waals surface area (Å²) in [6, 6.07) is 5.72.